The van der Waals surface area contributed by atoms with E-state index in [1.165, 1.54) is 0 Å². The molecule has 0 bridgehead atoms. The van der Waals surface area contributed by atoms with Crippen LogP contribution in [0.25, 0.3) is 0 Å². The Balaban J connectivity index is 2.12. The lowest BCUT2D eigenvalue weighted by Gasteiger charge is -2.14. The number of imide groups is 2. The van der Waals surface area contributed by atoms with Gasteiger partial charge in [0.25, 0.3) is 0 Å². The number of hydrogen-bond acceptors (Lipinski definition) is 4. The lowest BCUT2D eigenvalue weighted by atomic mass is 10.2. The van der Waals surface area contributed by atoms with Crippen molar-refractivity contribution in [2.45, 2.75) is 6.18 Å². The van der Waals surface area contributed by atoms with Gasteiger partial charge in [0.1, 0.15) is 6.54 Å². The molecule has 1 saturated heterocycles. The maximum absolute atomic E-state index is 12.7. The van der Waals surface area contributed by atoms with Gasteiger partial charge in [0.15, 0.2) is 0 Å². The lowest BCUT2D eigenvalue weighted by molar-refractivity contribution is -0.143. The molecule has 128 valence electrons. The molecule has 1 aliphatic heterocycles. The molecule has 0 radical (unpaired) electrons. The van der Waals surface area contributed by atoms with Crippen molar-refractivity contribution in [1.82, 2.24) is 9.80 Å². The molecule has 7 nitrogen and oxygen atoms in total. The first-order valence-electron chi connectivity index (χ1n) is 6.32. The Bertz CT molecular complexity index is 750. The maximum Gasteiger partial charge on any atom is 0.417 e. The van der Waals surface area contributed by atoms with Crippen molar-refractivity contribution in [3.8, 4) is 0 Å². The van der Waals surface area contributed by atoms with Crippen molar-refractivity contribution in [3.05, 3.63) is 28.8 Å². The van der Waals surface area contributed by atoms with Crippen molar-refractivity contribution in [2.24, 2.45) is 0 Å². The molecule has 0 aromatic heterocycles. The van der Waals surface area contributed by atoms with Crippen molar-refractivity contribution < 1.29 is 32.3 Å². The minimum Gasteiger partial charge on any atom is -0.325 e. The van der Waals surface area contributed by atoms with Gasteiger partial charge in [-0.15, -0.1) is 0 Å². The number of anilines is 1. The van der Waals surface area contributed by atoms with Gasteiger partial charge in [-0.05, 0) is 18.2 Å². The monoisotopic (exact) mass is 363 g/mol. The Kier molecular flexibility index (Phi) is 4.52. The zero-order valence-electron chi connectivity index (χ0n) is 12.0. The molecule has 1 aromatic carbocycles. The highest BCUT2D eigenvalue weighted by Crippen LogP contribution is 2.36. The molecule has 24 heavy (non-hydrogen) atoms. The molecule has 5 amide bonds. The topological polar surface area (TPSA) is 86.8 Å². The number of rotatable bonds is 3. The number of hydrogen-bond donors (Lipinski definition) is 1. The van der Waals surface area contributed by atoms with E-state index in [-0.39, 0.29) is 5.69 Å². The highest BCUT2D eigenvalue weighted by atomic mass is 35.5. The summed E-state index contributed by atoms with van der Waals surface area (Å²) in [7, 11) is 1.06. The molecule has 0 atom stereocenters. The first kappa shape index (κ1) is 17.7. The molecule has 1 fully saturated rings. The van der Waals surface area contributed by atoms with Crippen LogP contribution in [-0.2, 0) is 20.6 Å². The molecule has 1 N–H and O–H groups in total. The number of nitrogens with zero attached hydrogens (tertiary/aromatic N) is 2. The number of carbonyl (C=O) groups is 4. The third-order valence-electron chi connectivity index (χ3n) is 3.11. The molecule has 11 heteroatoms. The molecule has 1 heterocycles. The summed E-state index contributed by atoms with van der Waals surface area (Å²) in [6.45, 7) is -0.808. The molecule has 0 aliphatic carbocycles. The Hall–Kier alpha value is -2.62. The summed E-state index contributed by atoms with van der Waals surface area (Å²) >= 11 is 5.45. The van der Waals surface area contributed by atoms with Gasteiger partial charge in [-0.2, -0.15) is 13.2 Å². The van der Waals surface area contributed by atoms with Crippen LogP contribution < -0.4 is 5.32 Å². The molecule has 0 saturated carbocycles. The van der Waals surface area contributed by atoms with Crippen molar-refractivity contribution >= 4 is 41.0 Å². The van der Waals surface area contributed by atoms with E-state index in [0.29, 0.717) is 15.9 Å². The lowest BCUT2D eigenvalue weighted by Crippen LogP contribution is -2.38. The largest absolute Gasteiger partial charge is 0.417 e. The van der Waals surface area contributed by atoms with Crippen molar-refractivity contribution in [3.63, 3.8) is 0 Å². The second-order valence-electron chi connectivity index (χ2n) is 4.78. The quantitative estimate of drug-likeness (QED) is 0.654. The zero-order valence-corrected chi connectivity index (χ0v) is 12.7. The van der Waals surface area contributed by atoms with Crippen LogP contribution in [0.5, 0.6) is 0 Å². The number of carbonyl (C=O) groups excluding carboxylic acids is 4. The van der Waals surface area contributed by atoms with E-state index in [2.05, 4.69) is 5.32 Å². The number of amides is 5. The number of nitrogens with one attached hydrogen (secondary N) is 1. The van der Waals surface area contributed by atoms with Crippen LogP contribution >= 0.6 is 11.6 Å². The minimum atomic E-state index is -4.71. The highest BCUT2D eigenvalue weighted by Gasteiger charge is 2.43. The van der Waals surface area contributed by atoms with Gasteiger partial charge in [0, 0.05) is 12.7 Å². The van der Waals surface area contributed by atoms with Gasteiger partial charge < -0.3 is 5.32 Å². The summed E-state index contributed by atoms with van der Waals surface area (Å²) in [5.74, 6) is -3.24. The normalized spacial score (nSPS) is 15.3. The van der Waals surface area contributed by atoms with Crippen molar-refractivity contribution in [2.75, 3.05) is 18.9 Å². The molecule has 1 aliphatic rings. The van der Waals surface area contributed by atoms with Gasteiger partial charge >= 0.3 is 24.0 Å². The number of alkyl halides is 3. The smallest absolute Gasteiger partial charge is 0.325 e. The molecule has 2 rings (SSSR count). The zero-order chi connectivity index (χ0) is 18.2. The summed E-state index contributed by atoms with van der Waals surface area (Å²) in [5.41, 5.74) is -1.37. The fourth-order valence-corrected chi connectivity index (χ4v) is 2.14. The third-order valence-corrected chi connectivity index (χ3v) is 3.44. The van der Waals surface area contributed by atoms with E-state index >= 15 is 0 Å². The van der Waals surface area contributed by atoms with E-state index in [4.69, 9.17) is 11.6 Å². The average molecular weight is 364 g/mol. The van der Waals surface area contributed by atoms with Gasteiger partial charge in [0.05, 0.1) is 10.6 Å². The Labute approximate surface area is 137 Å². The molecular formula is C13H9ClF3N3O4. The Morgan fingerprint density at radius 3 is 2.33 bits per heavy atom. The van der Waals surface area contributed by atoms with Crippen LogP contribution in [0.3, 0.4) is 0 Å². The first-order chi connectivity index (χ1) is 11.0. The van der Waals surface area contributed by atoms with Crippen LogP contribution in [0, 0.1) is 0 Å². The molecule has 0 spiro atoms. The summed E-state index contributed by atoms with van der Waals surface area (Å²) in [6.07, 6.45) is -4.71. The summed E-state index contributed by atoms with van der Waals surface area (Å²) in [5, 5.41) is 1.56. The highest BCUT2D eigenvalue weighted by molar-refractivity contribution is 6.45. The van der Waals surface area contributed by atoms with Crippen LogP contribution in [0.1, 0.15) is 5.56 Å². The van der Waals surface area contributed by atoms with Gasteiger partial charge in [0.2, 0.25) is 5.91 Å². The third kappa shape index (κ3) is 3.32. The SMILES string of the molecule is CN1C(=O)C(=O)N(CC(=O)Nc2ccc(Cl)c(C(F)(F)F)c2)C1=O. The van der Waals surface area contributed by atoms with Crippen molar-refractivity contribution in [1.29, 1.82) is 0 Å². The van der Waals surface area contributed by atoms with E-state index in [1.807, 2.05) is 0 Å². The number of halogens is 4. The van der Waals surface area contributed by atoms with Gasteiger partial charge in [-0.25, -0.2) is 9.69 Å². The van der Waals surface area contributed by atoms with Gasteiger partial charge in [-0.3, -0.25) is 19.3 Å². The summed E-state index contributed by atoms with van der Waals surface area (Å²) in [4.78, 5) is 47.2. The predicted octanol–water partition coefficient (Wildman–Crippen LogP) is 1.72. The van der Waals surface area contributed by atoms with Crippen LogP contribution in [0.4, 0.5) is 23.7 Å². The fourth-order valence-electron chi connectivity index (χ4n) is 1.92. The van der Waals surface area contributed by atoms with E-state index in [0.717, 1.165) is 19.2 Å². The van der Waals surface area contributed by atoms with Gasteiger partial charge in [-0.1, -0.05) is 11.6 Å². The molecule has 1 aromatic rings. The van der Waals surface area contributed by atoms with Crippen LogP contribution in [0.2, 0.25) is 5.02 Å². The predicted molar refractivity (Wildman–Crippen MR) is 75.0 cm³/mol. The Morgan fingerprint density at radius 1 is 1.21 bits per heavy atom. The number of benzene rings is 1. The standard InChI is InChI=1S/C13H9ClF3N3O4/c1-19-10(22)11(23)20(12(19)24)5-9(21)18-6-2-3-8(14)7(4-6)13(15,16)17/h2-4H,5H2,1H3,(H,18,21). The fraction of sp³-hybridized carbons (Fsp3) is 0.231. The minimum absolute atomic E-state index is 0.226. The van der Waals surface area contributed by atoms with Crippen LogP contribution in [0.15, 0.2) is 18.2 Å². The van der Waals surface area contributed by atoms with Crippen LogP contribution in [-0.4, -0.2) is 47.1 Å². The number of urea groups is 1. The van der Waals surface area contributed by atoms with E-state index in [1.54, 1.807) is 0 Å². The molecular weight excluding hydrogens is 355 g/mol. The van der Waals surface area contributed by atoms with E-state index in [9.17, 15) is 32.3 Å². The van der Waals surface area contributed by atoms with E-state index < -0.39 is 47.1 Å². The summed E-state index contributed by atoms with van der Waals surface area (Å²) < 4.78 is 38.2. The Morgan fingerprint density at radius 2 is 1.83 bits per heavy atom. The summed E-state index contributed by atoms with van der Waals surface area (Å²) in [6, 6.07) is 1.70. The average Bonchev–Trinajstić information content (AvgIpc) is 2.66. The maximum atomic E-state index is 12.7. The first-order valence-corrected chi connectivity index (χ1v) is 6.70. The second-order valence-corrected chi connectivity index (χ2v) is 5.19. The second kappa shape index (κ2) is 6.11. The number of likely N-dealkylation sites (N-methyl/N-ethyl adjacent to an activating group) is 1. The molecule has 0 unspecified atom stereocenters.